The quantitative estimate of drug-likeness (QED) is 0.637. The van der Waals surface area contributed by atoms with Crippen molar-refractivity contribution in [2.24, 2.45) is 0 Å². The van der Waals surface area contributed by atoms with Gasteiger partial charge in [0, 0.05) is 32.2 Å². The molecule has 1 aromatic carbocycles. The van der Waals surface area contributed by atoms with Crippen LogP contribution < -0.4 is 0 Å². The van der Waals surface area contributed by atoms with Crippen molar-refractivity contribution in [2.45, 2.75) is 24.3 Å². The smallest absolute Gasteiger partial charge is 0.311 e. The van der Waals surface area contributed by atoms with Crippen LogP contribution in [0, 0.1) is 0 Å². The van der Waals surface area contributed by atoms with Crippen LogP contribution in [0.4, 0.5) is 0 Å². The molecule has 124 valence electrons. The lowest BCUT2D eigenvalue weighted by Crippen LogP contribution is -2.24. The van der Waals surface area contributed by atoms with Gasteiger partial charge in [-0.25, -0.2) is 0 Å². The number of benzene rings is 1. The van der Waals surface area contributed by atoms with Gasteiger partial charge in [-0.2, -0.15) is 0 Å². The molecule has 0 aromatic heterocycles. The van der Waals surface area contributed by atoms with E-state index in [4.69, 9.17) is 18.1 Å². The first-order valence-electron chi connectivity index (χ1n) is 6.57. The zero-order chi connectivity index (χ0) is 16.6. The zero-order valence-electron chi connectivity index (χ0n) is 12.8. The maximum atomic E-state index is 13.0. The van der Waals surface area contributed by atoms with Crippen molar-refractivity contribution in [2.75, 3.05) is 21.3 Å². The first-order valence-corrected chi connectivity index (χ1v) is 10.5. The number of hydrogen-bond acceptors (Lipinski definition) is 6. The molecule has 1 saturated heterocycles. The summed E-state index contributed by atoms with van der Waals surface area (Å²) in [6.45, 7) is 1.57. The lowest BCUT2D eigenvalue weighted by Gasteiger charge is -2.29. The van der Waals surface area contributed by atoms with Crippen molar-refractivity contribution in [1.82, 2.24) is 0 Å². The molecule has 1 aliphatic heterocycles. The Morgan fingerprint density at radius 1 is 1.27 bits per heavy atom. The average Bonchev–Trinajstić information content (AvgIpc) is 2.81. The molecule has 0 saturated carbocycles. The second-order valence-corrected chi connectivity index (χ2v) is 11.0. The van der Waals surface area contributed by atoms with Gasteiger partial charge in [0.25, 0.3) is 0 Å². The molecule has 9 heteroatoms. The molecule has 3 atom stereocenters. The first-order chi connectivity index (χ1) is 10.2. The normalized spacial score (nSPS) is 32.3. The van der Waals surface area contributed by atoms with E-state index in [9.17, 15) is 9.13 Å². The average molecular weight is 413 g/mol. The Labute approximate surface area is 138 Å². The molecule has 2 rings (SSSR count). The summed E-state index contributed by atoms with van der Waals surface area (Å²) in [5.41, 5.74) is 0.255. The maximum Gasteiger partial charge on any atom is 0.361 e. The molecule has 0 amide bonds. The summed E-state index contributed by atoms with van der Waals surface area (Å²) in [7, 11) is -3.19. The van der Waals surface area contributed by atoms with E-state index in [0.29, 0.717) is 0 Å². The number of rotatable bonds is 5. The van der Waals surface area contributed by atoms with Crippen LogP contribution in [0.5, 0.6) is 0 Å². The van der Waals surface area contributed by atoms with Gasteiger partial charge in [-0.3, -0.25) is 13.7 Å². The van der Waals surface area contributed by atoms with Gasteiger partial charge in [0.1, 0.15) is 0 Å². The van der Waals surface area contributed by atoms with E-state index in [1.165, 1.54) is 21.3 Å². The fraction of sp³-hybridized carbons (Fsp3) is 0.538. The second kappa shape index (κ2) is 6.48. The Bertz CT molecular complexity index is 626. The molecule has 22 heavy (non-hydrogen) atoms. The molecule has 0 spiro atoms. The van der Waals surface area contributed by atoms with Crippen molar-refractivity contribution < 1.29 is 27.2 Å². The van der Waals surface area contributed by atoms with E-state index >= 15 is 0 Å². The van der Waals surface area contributed by atoms with Gasteiger partial charge >= 0.3 is 15.2 Å². The summed E-state index contributed by atoms with van der Waals surface area (Å²) in [4.78, 5) is 0. The molecule has 1 fully saturated rings. The molecular formula is C13H19BrO6P2. The topological polar surface area (TPSA) is 71.1 Å². The van der Waals surface area contributed by atoms with Gasteiger partial charge < -0.3 is 13.6 Å². The third-order valence-electron chi connectivity index (χ3n) is 3.85. The van der Waals surface area contributed by atoms with E-state index < -0.39 is 26.2 Å². The third kappa shape index (κ3) is 3.01. The van der Waals surface area contributed by atoms with Crippen LogP contribution in [0.1, 0.15) is 24.6 Å². The van der Waals surface area contributed by atoms with Crippen LogP contribution in [0.3, 0.4) is 0 Å². The van der Waals surface area contributed by atoms with Crippen LogP contribution in [0.25, 0.3) is 0 Å². The largest absolute Gasteiger partial charge is 0.361 e. The summed E-state index contributed by atoms with van der Waals surface area (Å²) in [6.07, 6.45) is 0.207. The van der Waals surface area contributed by atoms with Gasteiger partial charge in [0.15, 0.2) is 5.34 Å². The van der Waals surface area contributed by atoms with Crippen LogP contribution in [-0.2, 0) is 27.2 Å². The maximum absolute atomic E-state index is 13.0. The molecule has 0 radical (unpaired) electrons. The van der Waals surface area contributed by atoms with Crippen molar-refractivity contribution in [3.8, 4) is 0 Å². The van der Waals surface area contributed by atoms with E-state index in [1.807, 2.05) is 24.3 Å². The summed E-state index contributed by atoms with van der Waals surface area (Å²) < 4.78 is 47.5. The molecule has 1 heterocycles. The fourth-order valence-corrected chi connectivity index (χ4v) is 7.28. The van der Waals surface area contributed by atoms with Crippen LogP contribution in [0.2, 0.25) is 0 Å². The predicted octanol–water partition coefficient (Wildman–Crippen LogP) is 4.95. The van der Waals surface area contributed by atoms with Crippen molar-refractivity contribution >= 4 is 31.1 Å². The van der Waals surface area contributed by atoms with Crippen LogP contribution in [-0.4, -0.2) is 26.7 Å². The Hall–Kier alpha value is -0.0000000000000000555. The van der Waals surface area contributed by atoms with Gasteiger partial charge in [-0.05, 0) is 24.6 Å². The second-order valence-electron chi connectivity index (χ2n) is 5.12. The van der Waals surface area contributed by atoms with Gasteiger partial charge in [-0.1, -0.05) is 28.1 Å². The third-order valence-corrected chi connectivity index (χ3v) is 9.32. The molecule has 6 nitrogen and oxygen atoms in total. The highest BCUT2D eigenvalue weighted by molar-refractivity contribution is 9.10. The Morgan fingerprint density at radius 3 is 2.27 bits per heavy atom. The van der Waals surface area contributed by atoms with Crippen molar-refractivity contribution in [1.29, 1.82) is 0 Å². The molecule has 3 unspecified atom stereocenters. The van der Waals surface area contributed by atoms with E-state index in [0.717, 1.165) is 10.0 Å². The molecular weight excluding hydrogens is 394 g/mol. The summed E-state index contributed by atoms with van der Waals surface area (Å²) >= 11 is 3.36. The van der Waals surface area contributed by atoms with Gasteiger partial charge in [0.2, 0.25) is 0 Å². The number of hydrogen-bond donors (Lipinski definition) is 0. The highest BCUT2D eigenvalue weighted by Crippen LogP contribution is 2.79. The van der Waals surface area contributed by atoms with Gasteiger partial charge in [-0.15, -0.1) is 0 Å². The molecule has 0 bridgehead atoms. The SMILES string of the molecule is COP1(=O)OC(C)(P(=O)(OC)OC)CC1c1ccc(Br)cc1. The van der Waals surface area contributed by atoms with Gasteiger partial charge in [0.05, 0.1) is 5.66 Å². The summed E-state index contributed by atoms with van der Waals surface area (Å²) in [6, 6.07) is 7.36. The summed E-state index contributed by atoms with van der Waals surface area (Å²) in [5, 5.41) is -1.33. The molecule has 1 aliphatic rings. The minimum Gasteiger partial charge on any atom is -0.311 e. The summed E-state index contributed by atoms with van der Waals surface area (Å²) in [5.74, 6) is 0. The highest BCUT2D eigenvalue weighted by Gasteiger charge is 2.62. The van der Waals surface area contributed by atoms with E-state index in [-0.39, 0.29) is 6.42 Å². The zero-order valence-corrected chi connectivity index (χ0v) is 16.2. The van der Waals surface area contributed by atoms with Crippen molar-refractivity contribution in [3.05, 3.63) is 34.3 Å². The standard InChI is InChI=1S/C13H19BrO6P2/c1-13(22(16,18-3)19-4)9-12(21(15,17-2)20-13)10-5-7-11(14)8-6-10/h5-8,12H,9H2,1-4H3. The fourth-order valence-electron chi connectivity index (χ4n) is 2.62. The Balaban J connectivity index is 2.46. The van der Waals surface area contributed by atoms with E-state index in [1.54, 1.807) is 6.92 Å². The molecule has 0 aliphatic carbocycles. The van der Waals surface area contributed by atoms with Crippen molar-refractivity contribution in [3.63, 3.8) is 0 Å². The molecule has 1 aromatic rings. The minimum absolute atomic E-state index is 0.207. The highest BCUT2D eigenvalue weighted by atomic mass is 79.9. The van der Waals surface area contributed by atoms with Crippen LogP contribution >= 0.6 is 31.1 Å². The predicted molar refractivity (Wildman–Crippen MR) is 87.2 cm³/mol. The lowest BCUT2D eigenvalue weighted by molar-refractivity contribution is 0.119. The Morgan fingerprint density at radius 2 is 1.82 bits per heavy atom. The van der Waals surface area contributed by atoms with E-state index in [2.05, 4.69) is 15.9 Å². The number of halogens is 1. The Kier molecular flexibility index (Phi) is 5.40. The lowest BCUT2D eigenvalue weighted by atomic mass is 10.1. The first kappa shape index (κ1) is 18.3. The monoisotopic (exact) mass is 412 g/mol. The van der Waals surface area contributed by atoms with Crippen LogP contribution in [0.15, 0.2) is 28.7 Å². The minimum atomic E-state index is -3.58. The molecule has 0 N–H and O–H groups in total.